The highest BCUT2D eigenvalue weighted by Gasteiger charge is 2.26. The number of nitrogens with one attached hydrogen (secondary N) is 1. The smallest absolute Gasteiger partial charge is 0.301 e. The summed E-state index contributed by atoms with van der Waals surface area (Å²) in [5.74, 6) is -0.0548. The second kappa shape index (κ2) is 5.26. The van der Waals surface area contributed by atoms with E-state index in [0.29, 0.717) is 13.1 Å². The Bertz CT molecular complexity index is 585. The van der Waals surface area contributed by atoms with Gasteiger partial charge in [0.25, 0.3) is 0 Å². The Morgan fingerprint density at radius 1 is 1.20 bits per heavy atom. The Kier molecular flexibility index (Phi) is 3.97. The highest BCUT2D eigenvalue weighted by atomic mass is 32.2. The normalized spacial score (nSPS) is 17.4. The van der Waals surface area contributed by atoms with Crippen molar-refractivity contribution in [2.75, 3.05) is 17.8 Å². The van der Waals surface area contributed by atoms with Crippen LogP contribution < -0.4 is 4.72 Å². The molecule has 1 fully saturated rings. The Balaban J connectivity index is 2.29. The first-order valence-electron chi connectivity index (χ1n) is 6.81. The maximum atomic E-state index is 12.2. The Morgan fingerprint density at radius 2 is 1.80 bits per heavy atom. The average Bonchev–Trinajstić information content (AvgIpc) is 2.84. The van der Waals surface area contributed by atoms with E-state index in [1.54, 1.807) is 6.07 Å². The lowest BCUT2D eigenvalue weighted by molar-refractivity contribution is 0.471. The number of rotatable bonds is 3. The molecule has 0 saturated carbocycles. The highest BCUT2D eigenvalue weighted by Crippen LogP contribution is 2.31. The third kappa shape index (κ3) is 3.24. The Labute approximate surface area is 120 Å². The van der Waals surface area contributed by atoms with Crippen LogP contribution in [-0.2, 0) is 15.6 Å². The summed E-state index contributed by atoms with van der Waals surface area (Å²) < 4.78 is 28.3. The monoisotopic (exact) mass is 298 g/mol. The maximum Gasteiger partial charge on any atom is 0.301 e. The van der Waals surface area contributed by atoms with Crippen LogP contribution >= 0.6 is 0 Å². The van der Waals surface area contributed by atoms with E-state index in [1.807, 2.05) is 26.8 Å². The molecule has 1 aromatic carbocycles. The van der Waals surface area contributed by atoms with Crippen LogP contribution in [0.15, 0.2) is 18.2 Å². The minimum absolute atomic E-state index is 0.0548. The fourth-order valence-electron chi connectivity index (χ4n) is 2.22. The molecule has 1 saturated heterocycles. The number of aromatic hydroxyl groups is 1. The van der Waals surface area contributed by atoms with Crippen LogP contribution in [0.25, 0.3) is 0 Å². The summed E-state index contributed by atoms with van der Waals surface area (Å²) in [5, 5.41) is 9.86. The molecular formula is C14H22N2O3S. The number of nitrogens with zero attached hydrogens (tertiary/aromatic N) is 1. The van der Waals surface area contributed by atoms with Gasteiger partial charge in [-0.1, -0.05) is 26.8 Å². The first-order chi connectivity index (χ1) is 9.20. The van der Waals surface area contributed by atoms with Crippen LogP contribution in [0, 0.1) is 0 Å². The molecule has 1 heterocycles. The summed E-state index contributed by atoms with van der Waals surface area (Å²) in [6, 6.07) is 5.04. The van der Waals surface area contributed by atoms with Crippen molar-refractivity contribution in [2.24, 2.45) is 0 Å². The molecule has 0 bridgehead atoms. The van der Waals surface area contributed by atoms with Gasteiger partial charge < -0.3 is 5.11 Å². The SMILES string of the molecule is CC(C)(C)c1ccc(O)c(NS(=O)(=O)N2CCCC2)c1. The molecule has 2 N–H and O–H groups in total. The second-order valence-electron chi connectivity index (χ2n) is 6.20. The van der Waals surface area contributed by atoms with E-state index in [9.17, 15) is 13.5 Å². The molecule has 0 aromatic heterocycles. The van der Waals surface area contributed by atoms with Crippen molar-refractivity contribution in [1.82, 2.24) is 4.31 Å². The van der Waals surface area contributed by atoms with E-state index in [1.165, 1.54) is 10.4 Å². The number of phenols is 1. The zero-order valence-electron chi connectivity index (χ0n) is 12.2. The lowest BCUT2D eigenvalue weighted by Crippen LogP contribution is -2.33. The minimum atomic E-state index is -3.57. The van der Waals surface area contributed by atoms with Crippen LogP contribution in [0.1, 0.15) is 39.2 Å². The van der Waals surface area contributed by atoms with Gasteiger partial charge in [0.05, 0.1) is 5.69 Å². The summed E-state index contributed by atoms with van der Waals surface area (Å²) in [6.45, 7) is 7.19. The predicted octanol–water partition coefficient (Wildman–Crippen LogP) is 2.44. The number of phenolic OH excluding ortho intramolecular Hbond substituents is 1. The molecule has 0 spiro atoms. The van der Waals surface area contributed by atoms with Gasteiger partial charge in [-0.2, -0.15) is 12.7 Å². The molecule has 0 aliphatic carbocycles. The van der Waals surface area contributed by atoms with Crippen molar-refractivity contribution >= 4 is 15.9 Å². The van der Waals surface area contributed by atoms with Crippen LogP contribution in [0.2, 0.25) is 0 Å². The molecule has 1 aromatic rings. The molecule has 6 heteroatoms. The van der Waals surface area contributed by atoms with Gasteiger partial charge in [0.15, 0.2) is 0 Å². The van der Waals surface area contributed by atoms with Gasteiger partial charge in [-0.15, -0.1) is 0 Å². The van der Waals surface area contributed by atoms with Crippen molar-refractivity contribution in [3.8, 4) is 5.75 Å². The largest absolute Gasteiger partial charge is 0.506 e. The molecule has 0 unspecified atom stereocenters. The van der Waals surface area contributed by atoms with E-state index in [0.717, 1.165) is 18.4 Å². The van der Waals surface area contributed by atoms with Gasteiger partial charge in [-0.25, -0.2) is 0 Å². The number of hydrogen-bond acceptors (Lipinski definition) is 3. The lowest BCUT2D eigenvalue weighted by Gasteiger charge is -2.22. The van der Waals surface area contributed by atoms with Crippen LogP contribution in [0.5, 0.6) is 5.75 Å². The third-order valence-electron chi connectivity index (χ3n) is 3.51. The molecule has 0 atom stereocenters. The second-order valence-corrected chi connectivity index (χ2v) is 7.87. The minimum Gasteiger partial charge on any atom is -0.506 e. The van der Waals surface area contributed by atoms with Gasteiger partial charge >= 0.3 is 10.2 Å². The Morgan fingerprint density at radius 3 is 2.35 bits per heavy atom. The van der Waals surface area contributed by atoms with Gasteiger partial charge in [0, 0.05) is 13.1 Å². The standard InChI is InChI=1S/C14H22N2O3S/c1-14(2,3)11-6-7-13(17)12(10-11)15-20(18,19)16-8-4-5-9-16/h6-7,10,15,17H,4-5,8-9H2,1-3H3. The topological polar surface area (TPSA) is 69.6 Å². The first kappa shape index (κ1) is 15.1. The summed E-state index contributed by atoms with van der Waals surface area (Å²) in [6.07, 6.45) is 1.77. The zero-order chi connectivity index (χ0) is 15.0. The maximum absolute atomic E-state index is 12.2. The average molecular weight is 298 g/mol. The van der Waals surface area contributed by atoms with Gasteiger partial charge in [-0.3, -0.25) is 4.72 Å². The van der Waals surface area contributed by atoms with Crippen molar-refractivity contribution in [3.05, 3.63) is 23.8 Å². The van der Waals surface area contributed by atoms with E-state index >= 15 is 0 Å². The van der Waals surface area contributed by atoms with Crippen molar-refractivity contribution < 1.29 is 13.5 Å². The lowest BCUT2D eigenvalue weighted by atomic mass is 9.87. The fourth-order valence-corrected chi connectivity index (χ4v) is 3.53. The summed E-state index contributed by atoms with van der Waals surface area (Å²) in [4.78, 5) is 0. The van der Waals surface area contributed by atoms with E-state index < -0.39 is 10.2 Å². The molecule has 0 amide bonds. The van der Waals surface area contributed by atoms with E-state index in [4.69, 9.17) is 0 Å². The van der Waals surface area contributed by atoms with Crippen LogP contribution in [0.4, 0.5) is 5.69 Å². The molecule has 112 valence electrons. The van der Waals surface area contributed by atoms with Crippen LogP contribution in [-0.4, -0.2) is 30.9 Å². The summed E-state index contributed by atoms with van der Waals surface area (Å²) >= 11 is 0. The van der Waals surface area contributed by atoms with Crippen molar-refractivity contribution in [2.45, 2.75) is 39.0 Å². The predicted molar refractivity (Wildman–Crippen MR) is 80.2 cm³/mol. The molecule has 0 radical (unpaired) electrons. The molecule has 2 rings (SSSR count). The number of benzene rings is 1. The number of anilines is 1. The zero-order valence-corrected chi connectivity index (χ0v) is 13.0. The van der Waals surface area contributed by atoms with Gasteiger partial charge in [0.2, 0.25) is 0 Å². The third-order valence-corrected chi connectivity index (χ3v) is 5.03. The summed E-state index contributed by atoms with van der Waals surface area (Å²) in [5.41, 5.74) is 1.10. The van der Waals surface area contributed by atoms with Crippen molar-refractivity contribution in [1.29, 1.82) is 0 Å². The molecule has 5 nitrogen and oxygen atoms in total. The molecule has 1 aliphatic heterocycles. The fraction of sp³-hybridized carbons (Fsp3) is 0.571. The van der Waals surface area contributed by atoms with E-state index in [-0.39, 0.29) is 16.9 Å². The summed E-state index contributed by atoms with van der Waals surface area (Å²) in [7, 11) is -3.57. The first-order valence-corrected chi connectivity index (χ1v) is 8.25. The molecule has 20 heavy (non-hydrogen) atoms. The van der Waals surface area contributed by atoms with Crippen LogP contribution in [0.3, 0.4) is 0 Å². The van der Waals surface area contributed by atoms with Crippen molar-refractivity contribution in [3.63, 3.8) is 0 Å². The van der Waals surface area contributed by atoms with E-state index in [2.05, 4.69) is 4.72 Å². The Hall–Kier alpha value is -1.27. The molecular weight excluding hydrogens is 276 g/mol. The quantitative estimate of drug-likeness (QED) is 0.842. The highest BCUT2D eigenvalue weighted by molar-refractivity contribution is 7.90. The van der Waals surface area contributed by atoms with Gasteiger partial charge in [-0.05, 0) is 36.0 Å². The number of hydrogen-bond donors (Lipinski definition) is 2. The van der Waals surface area contributed by atoms with Gasteiger partial charge in [0.1, 0.15) is 5.75 Å². The molecule has 1 aliphatic rings.